The zero-order chi connectivity index (χ0) is 15.8. The van der Waals surface area contributed by atoms with Gasteiger partial charge in [0.15, 0.2) is 0 Å². The second-order valence-corrected chi connectivity index (χ2v) is 7.06. The zero-order valence-corrected chi connectivity index (χ0v) is 13.2. The molecule has 2 unspecified atom stereocenters. The molecule has 0 spiro atoms. The minimum Gasteiger partial charge on any atom is -0.409 e. The first-order chi connectivity index (χ1) is 9.77. The van der Waals surface area contributed by atoms with Gasteiger partial charge in [-0.3, -0.25) is 4.68 Å². The molecule has 1 saturated carbocycles. The van der Waals surface area contributed by atoms with Crippen LogP contribution in [-0.2, 0) is 17.1 Å². The van der Waals surface area contributed by atoms with Crippen LogP contribution in [0.25, 0.3) is 0 Å². The molecule has 0 saturated heterocycles. The van der Waals surface area contributed by atoms with Crippen molar-refractivity contribution in [2.75, 3.05) is 0 Å². The Morgan fingerprint density at radius 1 is 1.48 bits per heavy atom. The molecule has 8 nitrogen and oxygen atoms in total. The predicted octanol–water partition coefficient (Wildman–Crippen LogP) is 0.230. The summed E-state index contributed by atoms with van der Waals surface area (Å²) in [6, 6.07) is -0.357. The minimum atomic E-state index is -3.68. The summed E-state index contributed by atoms with van der Waals surface area (Å²) < 4.78 is 29.4. The number of aryl methyl sites for hydroxylation is 2. The average Bonchev–Trinajstić information content (AvgIpc) is 2.93. The molecule has 0 amide bonds. The first kappa shape index (κ1) is 15.8. The summed E-state index contributed by atoms with van der Waals surface area (Å²) in [5, 5.41) is 15.9. The van der Waals surface area contributed by atoms with Gasteiger partial charge in [-0.25, -0.2) is 13.1 Å². The van der Waals surface area contributed by atoms with E-state index in [9.17, 15) is 8.42 Å². The van der Waals surface area contributed by atoms with Crippen LogP contribution in [0.2, 0.25) is 0 Å². The molecule has 2 rings (SSSR count). The van der Waals surface area contributed by atoms with Gasteiger partial charge in [-0.15, -0.1) is 0 Å². The number of hydrogen-bond acceptors (Lipinski definition) is 5. The van der Waals surface area contributed by atoms with Gasteiger partial charge in [0.25, 0.3) is 0 Å². The molecule has 118 valence electrons. The van der Waals surface area contributed by atoms with Crippen molar-refractivity contribution in [2.45, 2.75) is 44.0 Å². The quantitative estimate of drug-likeness (QED) is 0.318. The molecule has 0 radical (unpaired) electrons. The highest BCUT2D eigenvalue weighted by molar-refractivity contribution is 7.89. The summed E-state index contributed by atoms with van der Waals surface area (Å²) in [6.07, 6.45) is 2.20. The Labute approximate surface area is 124 Å². The Bertz CT molecular complexity index is 665. The monoisotopic (exact) mass is 315 g/mol. The second kappa shape index (κ2) is 5.64. The normalized spacial score (nSPS) is 23.7. The molecule has 1 aliphatic carbocycles. The first-order valence-corrected chi connectivity index (χ1v) is 8.26. The van der Waals surface area contributed by atoms with Crippen molar-refractivity contribution >= 4 is 15.9 Å². The number of amidine groups is 1. The molecule has 1 fully saturated rings. The summed E-state index contributed by atoms with van der Waals surface area (Å²) in [5.41, 5.74) is 6.68. The van der Waals surface area contributed by atoms with Crippen LogP contribution in [0.1, 0.15) is 30.7 Å². The van der Waals surface area contributed by atoms with Crippen LogP contribution in [0.3, 0.4) is 0 Å². The topological polar surface area (TPSA) is 123 Å². The lowest BCUT2D eigenvalue weighted by atomic mass is 10.0. The SMILES string of the molecule is Cc1nn(C)c(C)c1S(=O)(=O)NC1CCCC1C(N)=NO. The smallest absolute Gasteiger partial charge is 0.244 e. The molecule has 0 aliphatic heterocycles. The third kappa shape index (κ3) is 2.88. The molecular weight excluding hydrogens is 294 g/mol. The third-order valence-electron chi connectivity index (χ3n) is 4.03. The molecule has 1 aliphatic rings. The Hall–Kier alpha value is -1.61. The fourth-order valence-corrected chi connectivity index (χ4v) is 4.68. The minimum absolute atomic E-state index is 0.0693. The van der Waals surface area contributed by atoms with E-state index in [2.05, 4.69) is 15.0 Å². The molecule has 2 atom stereocenters. The van der Waals surface area contributed by atoms with Gasteiger partial charge in [0, 0.05) is 19.0 Å². The van der Waals surface area contributed by atoms with Crippen molar-refractivity contribution in [2.24, 2.45) is 23.9 Å². The number of nitrogens with zero attached hydrogens (tertiary/aromatic N) is 3. The maximum atomic E-state index is 12.6. The Morgan fingerprint density at radius 2 is 2.14 bits per heavy atom. The van der Waals surface area contributed by atoms with E-state index >= 15 is 0 Å². The number of hydrogen-bond donors (Lipinski definition) is 3. The van der Waals surface area contributed by atoms with Crippen molar-refractivity contribution < 1.29 is 13.6 Å². The molecule has 9 heteroatoms. The van der Waals surface area contributed by atoms with Crippen molar-refractivity contribution in [3.63, 3.8) is 0 Å². The predicted molar refractivity (Wildman–Crippen MR) is 77.5 cm³/mol. The molecule has 1 heterocycles. The molecule has 4 N–H and O–H groups in total. The highest BCUT2D eigenvalue weighted by Gasteiger charge is 2.35. The van der Waals surface area contributed by atoms with Crippen LogP contribution < -0.4 is 10.5 Å². The van der Waals surface area contributed by atoms with Gasteiger partial charge in [0.05, 0.1) is 11.4 Å². The van der Waals surface area contributed by atoms with Gasteiger partial charge in [-0.05, 0) is 26.7 Å². The molecule has 1 aromatic heterocycles. The van der Waals surface area contributed by atoms with Gasteiger partial charge in [0.2, 0.25) is 10.0 Å². The van der Waals surface area contributed by atoms with Crippen LogP contribution in [0, 0.1) is 19.8 Å². The lowest BCUT2D eigenvalue weighted by Crippen LogP contribution is -2.42. The number of rotatable bonds is 4. The van der Waals surface area contributed by atoms with Crippen molar-refractivity contribution in [1.29, 1.82) is 0 Å². The number of aromatic nitrogens is 2. The van der Waals surface area contributed by atoms with E-state index in [1.807, 2.05) is 0 Å². The van der Waals surface area contributed by atoms with Gasteiger partial charge < -0.3 is 10.9 Å². The number of nitrogens with one attached hydrogen (secondary N) is 1. The largest absolute Gasteiger partial charge is 0.409 e. The van der Waals surface area contributed by atoms with E-state index in [0.717, 1.165) is 6.42 Å². The van der Waals surface area contributed by atoms with Gasteiger partial charge in [-0.1, -0.05) is 11.6 Å². The van der Waals surface area contributed by atoms with Crippen molar-refractivity contribution in [1.82, 2.24) is 14.5 Å². The molecule has 0 aromatic carbocycles. The van der Waals surface area contributed by atoms with E-state index < -0.39 is 10.0 Å². The number of nitrogens with two attached hydrogens (primary N) is 1. The van der Waals surface area contributed by atoms with E-state index in [1.165, 1.54) is 0 Å². The Kier molecular flexibility index (Phi) is 4.24. The maximum absolute atomic E-state index is 12.6. The summed E-state index contributed by atoms with van der Waals surface area (Å²) in [7, 11) is -1.98. The maximum Gasteiger partial charge on any atom is 0.244 e. The van der Waals surface area contributed by atoms with Crippen molar-refractivity contribution in [3.8, 4) is 0 Å². The van der Waals surface area contributed by atoms with E-state index in [1.54, 1.807) is 25.6 Å². The zero-order valence-electron chi connectivity index (χ0n) is 12.4. The molecular formula is C12H21N5O3S. The Morgan fingerprint density at radius 3 is 2.67 bits per heavy atom. The summed E-state index contributed by atoms with van der Waals surface area (Å²) in [5.74, 6) is -0.207. The first-order valence-electron chi connectivity index (χ1n) is 6.78. The van der Waals surface area contributed by atoms with Gasteiger partial charge in [0.1, 0.15) is 10.7 Å². The van der Waals surface area contributed by atoms with Crippen LogP contribution in [0.15, 0.2) is 10.1 Å². The van der Waals surface area contributed by atoms with Gasteiger partial charge >= 0.3 is 0 Å². The van der Waals surface area contributed by atoms with Crippen LogP contribution in [0.4, 0.5) is 0 Å². The number of oxime groups is 1. The molecule has 1 aromatic rings. The molecule has 0 bridgehead atoms. The average molecular weight is 315 g/mol. The standard InChI is InChI=1S/C12H21N5O3S/c1-7-11(8(2)17(3)14-7)21(19,20)16-10-6-4-5-9(10)12(13)15-18/h9-10,16,18H,4-6H2,1-3H3,(H2,13,15). The van der Waals surface area contributed by atoms with Crippen LogP contribution >= 0.6 is 0 Å². The van der Waals surface area contributed by atoms with Crippen molar-refractivity contribution in [3.05, 3.63) is 11.4 Å². The lowest BCUT2D eigenvalue weighted by molar-refractivity contribution is 0.312. The lowest BCUT2D eigenvalue weighted by Gasteiger charge is -2.19. The van der Waals surface area contributed by atoms with E-state index in [-0.39, 0.29) is 22.7 Å². The highest BCUT2D eigenvalue weighted by atomic mass is 32.2. The fraction of sp³-hybridized carbons (Fsp3) is 0.667. The van der Waals surface area contributed by atoms with Gasteiger partial charge in [-0.2, -0.15) is 5.10 Å². The Balaban J connectivity index is 2.29. The highest BCUT2D eigenvalue weighted by Crippen LogP contribution is 2.28. The second-order valence-electron chi connectivity index (χ2n) is 5.41. The van der Waals surface area contributed by atoms with E-state index in [0.29, 0.717) is 24.2 Å². The summed E-state index contributed by atoms with van der Waals surface area (Å²) >= 11 is 0. The summed E-state index contributed by atoms with van der Waals surface area (Å²) in [4.78, 5) is 0.204. The third-order valence-corrected chi connectivity index (χ3v) is 5.77. The fourth-order valence-electron chi connectivity index (χ4n) is 2.93. The van der Waals surface area contributed by atoms with Crippen LogP contribution in [0.5, 0.6) is 0 Å². The summed E-state index contributed by atoms with van der Waals surface area (Å²) in [6.45, 7) is 3.38. The van der Waals surface area contributed by atoms with E-state index in [4.69, 9.17) is 10.9 Å². The number of sulfonamides is 1. The molecule has 21 heavy (non-hydrogen) atoms. The van der Waals surface area contributed by atoms with Crippen LogP contribution in [-0.4, -0.2) is 35.3 Å².